The van der Waals surface area contributed by atoms with E-state index in [-0.39, 0.29) is 0 Å². The number of rotatable bonds is 44. The predicted octanol–water partition coefficient (Wildman–Crippen LogP) is 15.9. The van der Waals surface area contributed by atoms with Gasteiger partial charge in [-0.3, -0.25) is 9.05 Å². The zero-order valence-corrected chi connectivity index (χ0v) is 37.5. The number of unbranched alkanes of at least 4 members (excludes halogenated alkanes) is 24. The van der Waals surface area contributed by atoms with Gasteiger partial charge in [0.15, 0.2) is 0 Å². The summed E-state index contributed by atoms with van der Waals surface area (Å²) in [7, 11) is -3.41. The minimum absolute atomic E-state index is 0.462. The number of hydrogen-bond acceptors (Lipinski definition) is 4. The molecule has 0 amide bonds. The van der Waals surface area contributed by atoms with Crippen molar-refractivity contribution in [2.75, 3.05) is 39.4 Å². The van der Waals surface area contributed by atoms with Gasteiger partial charge in [-0.05, 0) is 50.6 Å². The summed E-state index contributed by atoms with van der Waals surface area (Å²) in [4.78, 5) is 2.38. The third-order valence-electron chi connectivity index (χ3n) is 11.5. The maximum Gasteiger partial charge on any atom is 0.405 e. The van der Waals surface area contributed by atoms with E-state index in [0.717, 1.165) is 19.6 Å². The average Bonchev–Trinajstić information content (AvgIpc) is 3.15. The van der Waals surface area contributed by atoms with Crippen molar-refractivity contribution in [2.45, 2.75) is 247 Å². The molecule has 0 radical (unpaired) electrons. The number of likely N-dealkylation sites (N-methyl/N-ethyl adjacent to an activating group) is 1. The van der Waals surface area contributed by atoms with Gasteiger partial charge < -0.3 is 4.90 Å². The molecule has 0 aliphatic heterocycles. The van der Waals surface area contributed by atoms with Crippen LogP contribution in [0.3, 0.4) is 0 Å². The van der Waals surface area contributed by atoms with Crippen molar-refractivity contribution >= 4 is 7.75 Å². The molecule has 0 saturated carbocycles. The zero-order valence-electron chi connectivity index (χ0n) is 36.6. The van der Waals surface area contributed by atoms with Gasteiger partial charge in [-0.15, -0.1) is 0 Å². The summed E-state index contributed by atoms with van der Waals surface area (Å²) in [6.07, 6.45) is 42.1. The molecule has 0 rings (SSSR count). The largest absolute Gasteiger partial charge is 0.405 e. The lowest BCUT2D eigenvalue weighted by Gasteiger charge is -2.26. The van der Waals surface area contributed by atoms with Crippen molar-refractivity contribution < 1.29 is 13.6 Å². The molecule has 314 valence electrons. The highest BCUT2D eigenvalue weighted by Gasteiger charge is 2.28. The van der Waals surface area contributed by atoms with E-state index in [1.807, 2.05) is 0 Å². The molecule has 0 saturated heterocycles. The Kier molecular flexibility index (Phi) is 40.8. The Morgan fingerprint density at radius 3 is 0.962 bits per heavy atom. The first-order valence-electron chi connectivity index (χ1n) is 23.8. The van der Waals surface area contributed by atoms with Gasteiger partial charge in [0.25, 0.3) is 0 Å². The molecule has 0 aliphatic carbocycles. The molecule has 0 spiro atoms. The summed E-state index contributed by atoms with van der Waals surface area (Å²) < 4.78 is 27.5. The third kappa shape index (κ3) is 34.6. The lowest BCUT2D eigenvalue weighted by atomic mass is 9.95. The van der Waals surface area contributed by atoms with E-state index < -0.39 is 7.75 Å². The molecule has 5 nitrogen and oxygen atoms in total. The molecular weight excluding hydrogens is 659 g/mol. The van der Waals surface area contributed by atoms with Crippen LogP contribution in [0, 0.1) is 11.8 Å². The van der Waals surface area contributed by atoms with Crippen LogP contribution in [0.1, 0.15) is 247 Å². The van der Waals surface area contributed by atoms with Crippen molar-refractivity contribution in [3.63, 3.8) is 0 Å². The SMILES string of the molecule is CCCCCCCCCCC(CCCCCCCC)COP(=O)(NCCN(CC)CC)OCC(CCCCCCCC)CCCCCCCCCC. The molecule has 6 heteroatoms. The minimum atomic E-state index is -3.41. The maximum atomic E-state index is 14.5. The summed E-state index contributed by atoms with van der Waals surface area (Å²) in [5, 5.41) is 3.36. The fraction of sp³-hybridized carbons (Fsp3) is 1.00. The molecule has 0 aromatic rings. The van der Waals surface area contributed by atoms with E-state index >= 15 is 0 Å². The highest BCUT2D eigenvalue weighted by molar-refractivity contribution is 7.51. The second-order valence-corrected chi connectivity index (χ2v) is 18.2. The Balaban J connectivity index is 5.40. The Morgan fingerprint density at radius 1 is 0.423 bits per heavy atom. The first-order valence-corrected chi connectivity index (χ1v) is 25.4. The van der Waals surface area contributed by atoms with Crippen LogP contribution in [0.2, 0.25) is 0 Å². The van der Waals surface area contributed by atoms with Crippen molar-refractivity contribution in [3.05, 3.63) is 0 Å². The van der Waals surface area contributed by atoms with Gasteiger partial charge in [-0.25, -0.2) is 9.65 Å². The number of hydrogen-bond donors (Lipinski definition) is 1. The molecule has 0 heterocycles. The van der Waals surface area contributed by atoms with E-state index in [4.69, 9.17) is 9.05 Å². The molecule has 0 bridgehead atoms. The van der Waals surface area contributed by atoms with E-state index in [0.29, 0.717) is 31.6 Å². The molecule has 52 heavy (non-hydrogen) atoms. The van der Waals surface area contributed by atoms with Gasteiger partial charge in [0.1, 0.15) is 0 Å². The van der Waals surface area contributed by atoms with Crippen molar-refractivity contribution in [2.24, 2.45) is 11.8 Å². The van der Waals surface area contributed by atoms with Crippen LogP contribution < -0.4 is 5.09 Å². The first-order chi connectivity index (χ1) is 25.5. The Hall–Kier alpha value is 0.0700. The van der Waals surface area contributed by atoms with Gasteiger partial charge in [-0.2, -0.15) is 0 Å². The lowest BCUT2D eigenvalue weighted by molar-refractivity contribution is 0.139. The van der Waals surface area contributed by atoms with Gasteiger partial charge in [0.05, 0.1) is 13.2 Å². The van der Waals surface area contributed by atoms with E-state index in [9.17, 15) is 4.57 Å². The third-order valence-corrected chi connectivity index (χ3v) is 13.0. The Labute approximate surface area is 328 Å². The van der Waals surface area contributed by atoms with Crippen molar-refractivity contribution in [1.82, 2.24) is 9.99 Å². The first kappa shape index (κ1) is 52.1. The fourth-order valence-electron chi connectivity index (χ4n) is 7.60. The van der Waals surface area contributed by atoms with Crippen molar-refractivity contribution in [3.8, 4) is 0 Å². The van der Waals surface area contributed by atoms with Gasteiger partial charge in [-0.1, -0.05) is 221 Å². The summed E-state index contributed by atoms with van der Waals surface area (Å²) in [5.74, 6) is 0.924. The molecule has 0 aromatic carbocycles. The molecule has 2 unspecified atom stereocenters. The minimum Gasteiger partial charge on any atom is -0.303 e. The topological polar surface area (TPSA) is 50.8 Å². The Morgan fingerprint density at radius 2 is 0.692 bits per heavy atom. The quantitative estimate of drug-likeness (QED) is 0.0496. The second kappa shape index (κ2) is 40.7. The summed E-state index contributed by atoms with van der Waals surface area (Å²) in [6.45, 7) is 18.2. The molecule has 2 atom stereocenters. The molecular formula is C46H97N2O3P. The highest BCUT2D eigenvalue weighted by Crippen LogP contribution is 2.45. The summed E-state index contributed by atoms with van der Waals surface area (Å²) in [5.41, 5.74) is 0. The van der Waals surface area contributed by atoms with E-state index in [2.05, 4.69) is 51.5 Å². The second-order valence-electron chi connectivity index (χ2n) is 16.4. The van der Waals surface area contributed by atoms with E-state index in [1.54, 1.807) is 0 Å². The molecule has 1 N–H and O–H groups in total. The predicted molar refractivity (Wildman–Crippen MR) is 233 cm³/mol. The average molecular weight is 757 g/mol. The molecule has 0 fully saturated rings. The summed E-state index contributed by atoms with van der Waals surface area (Å²) >= 11 is 0. The maximum absolute atomic E-state index is 14.5. The lowest BCUT2D eigenvalue weighted by Crippen LogP contribution is -2.32. The van der Waals surface area contributed by atoms with Crippen molar-refractivity contribution in [1.29, 1.82) is 0 Å². The van der Waals surface area contributed by atoms with Crippen LogP contribution in [0.25, 0.3) is 0 Å². The van der Waals surface area contributed by atoms with Crippen LogP contribution in [0.15, 0.2) is 0 Å². The molecule has 0 aromatic heterocycles. The number of nitrogens with zero attached hydrogens (tertiary/aromatic N) is 1. The fourth-order valence-corrected chi connectivity index (χ4v) is 9.05. The van der Waals surface area contributed by atoms with Gasteiger partial charge in [0, 0.05) is 13.1 Å². The van der Waals surface area contributed by atoms with Crippen LogP contribution in [-0.4, -0.2) is 44.3 Å². The molecule has 0 aliphatic rings. The summed E-state index contributed by atoms with van der Waals surface area (Å²) in [6, 6.07) is 0. The standard InChI is InChI=1S/C46H97N2O3P/c1-7-13-17-21-25-27-31-35-39-45(37-33-29-23-19-15-9-3)43-50-52(49,47-41-42-48(11-5)12-6)51-44-46(38-34-30-24-20-16-10-4)40-36-32-28-26-22-18-14-8-2/h45-46H,7-44H2,1-6H3,(H,47,49). The van der Waals surface area contributed by atoms with Gasteiger partial charge in [0.2, 0.25) is 0 Å². The van der Waals surface area contributed by atoms with Crippen LogP contribution in [-0.2, 0) is 13.6 Å². The van der Waals surface area contributed by atoms with Crippen LogP contribution >= 0.6 is 7.75 Å². The van der Waals surface area contributed by atoms with Gasteiger partial charge >= 0.3 is 7.75 Å². The normalized spacial score (nSPS) is 14.3. The smallest absolute Gasteiger partial charge is 0.303 e. The monoisotopic (exact) mass is 757 g/mol. The highest BCUT2D eigenvalue weighted by atomic mass is 31.2. The van der Waals surface area contributed by atoms with Crippen LogP contribution in [0.4, 0.5) is 0 Å². The van der Waals surface area contributed by atoms with Crippen LogP contribution in [0.5, 0.6) is 0 Å². The zero-order chi connectivity index (χ0) is 38.2. The van der Waals surface area contributed by atoms with E-state index in [1.165, 1.54) is 205 Å². The number of nitrogens with one attached hydrogen (secondary N) is 1. The Bertz CT molecular complexity index is 686.